The second-order valence-electron chi connectivity index (χ2n) is 6.14. The molecule has 0 unspecified atom stereocenters. The van der Waals surface area contributed by atoms with Gasteiger partial charge < -0.3 is 14.6 Å². The van der Waals surface area contributed by atoms with Crippen molar-refractivity contribution in [2.75, 3.05) is 18.5 Å². The van der Waals surface area contributed by atoms with E-state index in [1.165, 1.54) is 7.05 Å². The third kappa shape index (κ3) is 3.66. The predicted octanol–water partition coefficient (Wildman–Crippen LogP) is 2.56. The standard InChI is InChI=1S/C15H18F3N5O3/c1-9-7-11(26-22-9)14(3-5-25-6-4-14)20-13(24)19-12-8-10(15(16,17)18)21-23(12)2/h7-8H,3-6H2,1-2H3,(H2,19,20,24). The Morgan fingerprint density at radius 2 is 2.00 bits per heavy atom. The number of nitrogens with one attached hydrogen (secondary N) is 2. The van der Waals surface area contributed by atoms with Crippen molar-refractivity contribution in [3.63, 3.8) is 0 Å². The molecule has 142 valence electrons. The Morgan fingerprint density at radius 1 is 1.31 bits per heavy atom. The minimum Gasteiger partial charge on any atom is -0.381 e. The number of hydrogen-bond acceptors (Lipinski definition) is 5. The van der Waals surface area contributed by atoms with Gasteiger partial charge in [0.15, 0.2) is 11.5 Å². The van der Waals surface area contributed by atoms with E-state index in [4.69, 9.17) is 9.26 Å². The summed E-state index contributed by atoms with van der Waals surface area (Å²) in [6.07, 6.45) is -3.68. The molecule has 11 heteroatoms. The fraction of sp³-hybridized carbons (Fsp3) is 0.533. The van der Waals surface area contributed by atoms with Gasteiger partial charge in [0.05, 0.1) is 5.69 Å². The first kappa shape index (κ1) is 18.2. The molecule has 26 heavy (non-hydrogen) atoms. The molecule has 1 fully saturated rings. The van der Waals surface area contributed by atoms with Gasteiger partial charge in [-0.15, -0.1) is 0 Å². The lowest BCUT2D eigenvalue weighted by atomic mass is 9.87. The van der Waals surface area contributed by atoms with Gasteiger partial charge >= 0.3 is 12.2 Å². The number of amides is 2. The van der Waals surface area contributed by atoms with Crippen molar-refractivity contribution >= 4 is 11.8 Å². The molecule has 1 aliphatic rings. The molecular formula is C15H18F3N5O3. The highest BCUT2D eigenvalue weighted by Crippen LogP contribution is 2.33. The van der Waals surface area contributed by atoms with E-state index in [-0.39, 0.29) is 5.82 Å². The van der Waals surface area contributed by atoms with Gasteiger partial charge in [0.1, 0.15) is 11.4 Å². The molecule has 0 spiro atoms. The van der Waals surface area contributed by atoms with Crippen LogP contribution in [0.4, 0.5) is 23.8 Å². The van der Waals surface area contributed by atoms with E-state index in [1.54, 1.807) is 13.0 Å². The van der Waals surface area contributed by atoms with Crippen LogP contribution in [0.15, 0.2) is 16.7 Å². The fourth-order valence-electron chi connectivity index (χ4n) is 2.83. The van der Waals surface area contributed by atoms with E-state index < -0.39 is 23.4 Å². The number of rotatable bonds is 3. The molecule has 1 aliphatic heterocycles. The van der Waals surface area contributed by atoms with Crippen molar-refractivity contribution in [2.24, 2.45) is 7.05 Å². The summed E-state index contributed by atoms with van der Waals surface area (Å²) in [5.74, 6) is 0.403. The third-order valence-corrected chi connectivity index (χ3v) is 4.21. The largest absolute Gasteiger partial charge is 0.435 e. The van der Waals surface area contributed by atoms with Gasteiger partial charge in [-0.25, -0.2) is 4.79 Å². The minimum absolute atomic E-state index is 0.0780. The number of halogens is 3. The minimum atomic E-state index is -4.59. The number of urea groups is 1. The lowest BCUT2D eigenvalue weighted by molar-refractivity contribution is -0.141. The fourth-order valence-corrected chi connectivity index (χ4v) is 2.83. The Hall–Kier alpha value is -2.56. The van der Waals surface area contributed by atoms with Crippen LogP contribution in [0.2, 0.25) is 0 Å². The number of aromatic nitrogens is 3. The maximum absolute atomic E-state index is 12.7. The number of ether oxygens (including phenoxy) is 1. The summed E-state index contributed by atoms with van der Waals surface area (Å²) in [6, 6.07) is 1.82. The third-order valence-electron chi connectivity index (χ3n) is 4.21. The van der Waals surface area contributed by atoms with E-state index in [2.05, 4.69) is 20.9 Å². The number of hydrogen-bond donors (Lipinski definition) is 2. The molecule has 3 rings (SSSR count). The summed E-state index contributed by atoms with van der Waals surface area (Å²) in [7, 11) is 1.31. The van der Waals surface area contributed by atoms with Crippen molar-refractivity contribution in [3.8, 4) is 0 Å². The second kappa shape index (κ2) is 6.63. The summed E-state index contributed by atoms with van der Waals surface area (Å²) in [6.45, 7) is 2.57. The van der Waals surface area contributed by atoms with Crippen molar-refractivity contribution < 1.29 is 27.2 Å². The van der Waals surface area contributed by atoms with Gasteiger partial charge in [-0.1, -0.05) is 5.16 Å². The zero-order valence-corrected chi connectivity index (χ0v) is 14.2. The Kier molecular flexibility index (Phi) is 4.65. The van der Waals surface area contributed by atoms with Crippen LogP contribution in [-0.4, -0.2) is 34.2 Å². The number of alkyl halides is 3. The van der Waals surface area contributed by atoms with Crippen LogP contribution in [0.1, 0.15) is 30.0 Å². The molecule has 0 bridgehead atoms. The lowest BCUT2D eigenvalue weighted by Crippen LogP contribution is -2.50. The van der Waals surface area contributed by atoms with E-state index in [0.717, 1.165) is 10.7 Å². The van der Waals surface area contributed by atoms with Gasteiger partial charge in [0.2, 0.25) is 0 Å². The number of carbonyl (C=O) groups excluding carboxylic acids is 1. The molecule has 2 aromatic heterocycles. The highest BCUT2D eigenvalue weighted by Gasteiger charge is 2.40. The summed E-state index contributed by atoms with van der Waals surface area (Å²) in [4.78, 5) is 12.4. The summed E-state index contributed by atoms with van der Waals surface area (Å²) in [5.41, 5.74) is -1.26. The molecule has 0 radical (unpaired) electrons. The van der Waals surface area contributed by atoms with Crippen LogP contribution in [0.3, 0.4) is 0 Å². The van der Waals surface area contributed by atoms with E-state index in [1.807, 2.05) is 0 Å². The van der Waals surface area contributed by atoms with Crippen molar-refractivity contribution in [3.05, 3.63) is 29.3 Å². The van der Waals surface area contributed by atoms with Crippen LogP contribution < -0.4 is 10.6 Å². The van der Waals surface area contributed by atoms with Crippen LogP contribution in [0, 0.1) is 6.92 Å². The normalized spacial score (nSPS) is 17.1. The maximum atomic E-state index is 12.7. The van der Waals surface area contributed by atoms with Gasteiger partial charge in [0, 0.05) is 45.2 Å². The molecule has 0 atom stereocenters. The zero-order valence-electron chi connectivity index (χ0n) is 14.2. The molecule has 2 N–H and O–H groups in total. The van der Waals surface area contributed by atoms with Crippen molar-refractivity contribution in [1.29, 1.82) is 0 Å². The SMILES string of the molecule is Cc1cc(C2(NC(=O)Nc3cc(C(F)(F)F)nn3C)CCOCC2)on1. The highest BCUT2D eigenvalue weighted by atomic mass is 19.4. The van der Waals surface area contributed by atoms with E-state index in [0.29, 0.717) is 37.5 Å². The predicted molar refractivity (Wildman–Crippen MR) is 83.3 cm³/mol. The lowest BCUT2D eigenvalue weighted by Gasteiger charge is -2.35. The molecule has 0 aliphatic carbocycles. The molecule has 2 amide bonds. The van der Waals surface area contributed by atoms with Crippen LogP contribution >= 0.6 is 0 Å². The van der Waals surface area contributed by atoms with E-state index >= 15 is 0 Å². The summed E-state index contributed by atoms with van der Waals surface area (Å²) >= 11 is 0. The second-order valence-corrected chi connectivity index (χ2v) is 6.14. The average molecular weight is 373 g/mol. The summed E-state index contributed by atoms with van der Waals surface area (Å²) < 4.78 is 49.8. The van der Waals surface area contributed by atoms with Crippen molar-refractivity contribution in [2.45, 2.75) is 31.5 Å². The molecule has 2 aromatic rings. The number of nitrogens with zero attached hydrogens (tertiary/aromatic N) is 3. The molecule has 1 saturated heterocycles. The smallest absolute Gasteiger partial charge is 0.381 e. The maximum Gasteiger partial charge on any atom is 0.435 e. The Balaban J connectivity index is 1.78. The first-order chi connectivity index (χ1) is 12.2. The van der Waals surface area contributed by atoms with Gasteiger partial charge in [-0.2, -0.15) is 18.3 Å². The van der Waals surface area contributed by atoms with Gasteiger partial charge in [-0.05, 0) is 6.92 Å². The molecular weight excluding hydrogens is 355 g/mol. The number of anilines is 1. The van der Waals surface area contributed by atoms with Gasteiger partial charge in [0.25, 0.3) is 0 Å². The Labute approximate surface area is 146 Å². The zero-order chi connectivity index (χ0) is 18.9. The quantitative estimate of drug-likeness (QED) is 0.862. The average Bonchev–Trinajstić information content (AvgIpc) is 3.15. The monoisotopic (exact) mass is 373 g/mol. The first-order valence-corrected chi connectivity index (χ1v) is 7.91. The van der Waals surface area contributed by atoms with Crippen molar-refractivity contribution in [1.82, 2.24) is 20.3 Å². The number of carbonyl (C=O) groups is 1. The van der Waals surface area contributed by atoms with E-state index in [9.17, 15) is 18.0 Å². The number of aryl methyl sites for hydroxylation is 2. The molecule has 8 nitrogen and oxygen atoms in total. The topological polar surface area (TPSA) is 94.2 Å². The Morgan fingerprint density at radius 3 is 2.54 bits per heavy atom. The highest BCUT2D eigenvalue weighted by molar-refractivity contribution is 5.89. The molecule has 3 heterocycles. The Bertz CT molecular complexity index is 793. The van der Waals surface area contributed by atoms with Crippen LogP contribution in [0.5, 0.6) is 0 Å². The van der Waals surface area contributed by atoms with Crippen LogP contribution in [0.25, 0.3) is 0 Å². The molecule has 0 saturated carbocycles. The first-order valence-electron chi connectivity index (χ1n) is 7.91. The molecule has 0 aromatic carbocycles. The summed E-state index contributed by atoms with van der Waals surface area (Å²) in [5, 5.41) is 12.4. The van der Waals surface area contributed by atoms with Crippen LogP contribution in [-0.2, 0) is 23.5 Å². The van der Waals surface area contributed by atoms with Gasteiger partial charge in [-0.3, -0.25) is 10.00 Å².